The maximum absolute atomic E-state index is 14.0. The third-order valence-corrected chi connectivity index (χ3v) is 7.27. The Balaban J connectivity index is 1.63. The second kappa shape index (κ2) is 7.62. The molecule has 0 aromatic heterocycles. The number of ether oxygens (including phenoxy) is 1. The summed E-state index contributed by atoms with van der Waals surface area (Å²) in [5.41, 5.74) is 3.25. The van der Waals surface area contributed by atoms with E-state index in [0.717, 1.165) is 16.8 Å². The molecule has 1 spiro atoms. The molecule has 0 radical (unpaired) electrons. The maximum atomic E-state index is 14.0. The van der Waals surface area contributed by atoms with E-state index in [1.807, 2.05) is 66.7 Å². The van der Waals surface area contributed by atoms with Crippen LogP contribution in [0.4, 0.5) is 11.4 Å². The summed E-state index contributed by atoms with van der Waals surface area (Å²) in [6.45, 7) is 0.398. The first-order chi connectivity index (χ1) is 15.0. The van der Waals surface area contributed by atoms with Crippen LogP contribution in [0.15, 0.2) is 72.8 Å². The lowest BCUT2D eigenvalue weighted by molar-refractivity contribution is -0.123. The molecule has 5 nitrogen and oxygen atoms in total. The molecule has 2 amide bonds. The Labute approximate surface area is 189 Å². The van der Waals surface area contributed by atoms with Crippen LogP contribution in [0.25, 0.3) is 0 Å². The normalized spacial score (nSPS) is 19.9. The SMILES string of the molecule is COc1cccc(N2C(=O)CSC23C(=O)N(Cc2ccc(Cl)cc2)c2ccccc23)c1. The molecule has 156 valence electrons. The predicted molar refractivity (Wildman–Crippen MR) is 124 cm³/mol. The molecule has 5 rings (SSSR count). The van der Waals surface area contributed by atoms with Crippen molar-refractivity contribution in [3.8, 4) is 5.75 Å². The highest BCUT2D eigenvalue weighted by Crippen LogP contribution is 2.56. The van der Waals surface area contributed by atoms with Gasteiger partial charge in [0.05, 0.1) is 25.1 Å². The van der Waals surface area contributed by atoms with Crippen molar-refractivity contribution in [3.63, 3.8) is 0 Å². The molecule has 1 saturated heterocycles. The number of nitrogens with zero attached hydrogens (tertiary/aromatic N) is 2. The van der Waals surface area contributed by atoms with E-state index >= 15 is 0 Å². The van der Waals surface area contributed by atoms with E-state index < -0.39 is 4.87 Å². The predicted octanol–water partition coefficient (Wildman–Crippen LogP) is 4.83. The van der Waals surface area contributed by atoms with Crippen molar-refractivity contribution in [2.24, 2.45) is 0 Å². The van der Waals surface area contributed by atoms with E-state index in [4.69, 9.17) is 16.3 Å². The van der Waals surface area contributed by atoms with Crippen LogP contribution in [-0.2, 0) is 21.0 Å². The van der Waals surface area contributed by atoms with E-state index in [1.54, 1.807) is 23.0 Å². The Bertz CT molecular complexity index is 1180. The zero-order valence-corrected chi connectivity index (χ0v) is 18.3. The molecule has 0 aliphatic carbocycles. The third-order valence-electron chi connectivity index (χ3n) is 5.63. The number of benzene rings is 3. The quantitative estimate of drug-likeness (QED) is 0.571. The van der Waals surface area contributed by atoms with E-state index in [2.05, 4.69) is 0 Å². The molecule has 0 bridgehead atoms. The average molecular weight is 451 g/mol. The molecule has 1 atom stereocenters. The molecule has 7 heteroatoms. The van der Waals surface area contributed by atoms with Gasteiger partial charge in [0.15, 0.2) is 0 Å². The van der Waals surface area contributed by atoms with Crippen molar-refractivity contribution in [2.45, 2.75) is 11.4 Å². The highest BCUT2D eigenvalue weighted by Gasteiger charge is 2.60. The summed E-state index contributed by atoms with van der Waals surface area (Å²) >= 11 is 7.39. The molecule has 3 aromatic carbocycles. The minimum atomic E-state index is -1.13. The number of carbonyl (C=O) groups excluding carboxylic acids is 2. The van der Waals surface area contributed by atoms with Gasteiger partial charge in [-0.2, -0.15) is 0 Å². The van der Waals surface area contributed by atoms with Crippen LogP contribution in [0, 0.1) is 0 Å². The minimum Gasteiger partial charge on any atom is -0.497 e. The summed E-state index contributed by atoms with van der Waals surface area (Å²) in [5, 5.41) is 0.648. The van der Waals surface area contributed by atoms with Gasteiger partial charge in [0.2, 0.25) is 10.8 Å². The van der Waals surface area contributed by atoms with Crippen LogP contribution >= 0.6 is 23.4 Å². The molecule has 31 heavy (non-hydrogen) atoms. The Hall–Kier alpha value is -2.96. The van der Waals surface area contributed by atoms with Crippen LogP contribution in [-0.4, -0.2) is 24.7 Å². The highest BCUT2D eigenvalue weighted by atomic mass is 35.5. The molecule has 3 aromatic rings. The molecule has 1 unspecified atom stereocenters. The van der Waals surface area contributed by atoms with Crippen LogP contribution in [0.1, 0.15) is 11.1 Å². The van der Waals surface area contributed by atoms with Crippen LogP contribution in [0.5, 0.6) is 5.75 Å². The zero-order valence-electron chi connectivity index (χ0n) is 16.7. The van der Waals surface area contributed by atoms with Crippen molar-refractivity contribution in [1.82, 2.24) is 0 Å². The Morgan fingerprint density at radius 2 is 1.81 bits per heavy atom. The second-order valence-electron chi connectivity index (χ2n) is 7.40. The van der Waals surface area contributed by atoms with E-state index in [-0.39, 0.29) is 17.6 Å². The van der Waals surface area contributed by atoms with Crippen LogP contribution < -0.4 is 14.5 Å². The van der Waals surface area contributed by atoms with Gasteiger partial charge in [0.25, 0.3) is 5.91 Å². The van der Waals surface area contributed by atoms with Gasteiger partial charge in [0.1, 0.15) is 5.75 Å². The second-order valence-corrected chi connectivity index (χ2v) is 9.00. The first-order valence-electron chi connectivity index (χ1n) is 9.81. The molecule has 0 saturated carbocycles. The molecular formula is C24H19ClN2O3S. The van der Waals surface area contributed by atoms with E-state index in [1.165, 1.54) is 11.8 Å². The third kappa shape index (κ3) is 3.09. The zero-order chi connectivity index (χ0) is 21.6. The van der Waals surface area contributed by atoms with Gasteiger partial charge >= 0.3 is 0 Å². The molecule has 2 aliphatic rings. The van der Waals surface area contributed by atoms with Crippen molar-refractivity contribution in [2.75, 3.05) is 22.7 Å². The number of para-hydroxylation sites is 1. The van der Waals surface area contributed by atoms with Gasteiger partial charge in [-0.3, -0.25) is 14.5 Å². The summed E-state index contributed by atoms with van der Waals surface area (Å²) in [7, 11) is 1.58. The monoisotopic (exact) mass is 450 g/mol. The average Bonchev–Trinajstić information content (AvgIpc) is 3.26. The lowest BCUT2D eigenvalue weighted by Gasteiger charge is -2.33. The minimum absolute atomic E-state index is 0.102. The topological polar surface area (TPSA) is 49.9 Å². The number of fused-ring (bicyclic) bond motifs is 2. The number of rotatable bonds is 4. The lowest BCUT2D eigenvalue weighted by Crippen LogP contribution is -2.49. The fourth-order valence-corrected chi connectivity index (χ4v) is 5.72. The summed E-state index contributed by atoms with van der Waals surface area (Å²) < 4.78 is 5.36. The number of carbonyl (C=O) groups is 2. The number of methoxy groups -OCH3 is 1. The van der Waals surface area contributed by atoms with Gasteiger partial charge in [-0.05, 0) is 35.9 Å². The Morgan fingerprint density at radius 1 is 1.03 bits per heavy atom. The summed E-state index contributed by atoms with van der Waals surface area (Å²) in [4.78, 5) is 29.3. The number of hydrogen-bond acceptors (Lipinski definition) is 4. The summed E-state index contributed by atoms with van der Waals surface area (Å²) in [6, 6.07) is 22.4. The van der Waals surface area contributed by atoms with Crippen molar-refractivity contribution < 1.29 is 14.3 Å². The first kappa shape index (κ1) is 20.0. The number of anilines is 2. The first-order valence-corrected chi connectivity index (χ1v) is 11.2. The Kier molecular flexibility index (Phi) is 4.91. The molecular weight excluding hydrogens is 432 g/mol. The van der Waals surface area contributed by atoms with Gasteiger partial charge in [-0.25, -0.2) is 0 Å². The summed E-state index contributed by atoms with van der Waals surface area (Å²) in [6.07, 6.45) is 0. The maximum Gasteiger partial charge on any atom is 0.269 e. The van der Waals surface area contributed by atoms with Crippen molar-refractivity contribution in [3.05, 3.63) is 88.9 Å². The van der Waals surface area contributed by atoms with Crippen LogP contribution in [0.2, 0.25) is 5.02 Å². The van der Waals surface area contributed by atoms with Gasteiger partial charge in [-0.1, -0.05) is 48.0 Å². The van der Waals surface area contributed by atoms with Crippen LogP contribution in [0.3, 0.4) is 0 Å². The summed E-state index contributed by atoms with van der Waals surface area (Å²) in [5.74, 6) is 0.637. The fourth-order valence-electron chi connectivity index (χ4n) is 4.23. The van der Waals surface area contributed by atoms with Crippen molar-refractivity contribution in [1.29, 1.82) is 0 Å². The Morgan fingerprint density at radius 3 is 2.58 bits per heavy atom. The number of halogens is 1. The lowest BCUT2D eigenvalue weighted by atomic mass is 10.0. The number of hydrogen-bond donors (Lipinski definition) is 0. The number of thioether (sulfide) groups is 1. The van der Waals surface area contributed by atoms with Gasteiger partial charge in [-0.15, -0.1) is 11.8 Å². The highest BCUT2D eigenvalue weighted by molar-refractivity contribution is 8.02. The molecule has 2 heterocycles. The smallest absolute Gasteiger partial charge is 0.269 e. The van der Waals surface area contributed by atoms with Gasteiger partial charge in [0, 0.05) is 22.3 Å². The van der Waals surface area contributed by atoms with Gasteiger partial charge < -0.3 is 9.64 Å². The largest absolute Gasteiger partial charge is 0.497 e. The standard InChI is InChI=1S/C24H19ClN2O3S/c1-30-19-6-4-5-18(13-19)27-22(28)15-31-24(27)20-7-2-3-8-21(20)26(23(24)29)14-16-9-11-17(25)12-10-16/h2-13H,14-15H2,1H3. The van der Waals surface area contributed by atoms with E-state index in [9.17, 15) is 9.59 Å². The molecule has 1 fully saturated rings. The number of amides is 2. The molecule has 0 N–H and O–H groups in total. The molecule has 2 aliphatic heterocycles. The van der Waals surface area contributed by atoms with E-state index in [0.29, 0.717) is 23.0 Å². The fraction of sp³-hybridized carbons (Fsp3) is 0.167. The van der Waals surface area contributed by atoms with Crippen molar-refractivity contribution >= 4 is 46.6 Å².